The molecule has 0 spiro atoms. The van der Waals surface area contributed by atoms with Gasteiger partial charge in [-0.25, -0.2) is 0 Å². The molecular weight excluding hydrogens is 322 g/mol. The maximum Gasteiger partial charge on any atom is 0.258 e. The average Bonchev–Trinajstić information content (AvgIpc) is 2.88. The van der Waals surface area contributed by atoms with Crippen LogP contribution in [0.4, 0.5) is 0 Å². The van der Waals surface area contributed by atoms with E-state index in [0.717, 1.165) is 21.2 Å². The maximum atomic E-state index is 9.42. The fraction of sp³-hybridized carbons (Fsp3) is 0.0714. The lowest BCUT2D eigenvalue weighted by Gasteiger charge is -2.00. The summed E-state index contributed by atoms with van der Waals surface area (Å²) in [6, 6.07) is 6.86. The van der Waals surface area contributed by atoms with Crippen molar-refractivity contribution >= 4 is 15.9 Å². The molecule has 0 aliphatic rings. The van der Waals surface area contributed by atoms with Crippen LogP contribution in [0.1, 0.15) is 5.56 Å². The normalized spacial score (nSPS) is 10.7. The van der Waals surface area contributed by atoms with Crippen LogP contribution >= 0.6 is 15.9 Å². The third-order valence-corrected chi connectivity index (χ3v) is 3.26. The molecule has 1 aromatic carbocycles. The molecule has 0 fully saturated rings. The van der Waals surface area contributed by atoms with Crippen molar-refractivity contribution < 1.29 is 9.63 Å². The van der Waals surface area contributed by atoms with E-state index in [-0.39, 0.29) is 5.75 Å². The van der Waals surface area contributed by atoms with E-state index >= 15 is 0 Å². The van der Waals surface area contributed by atoms with E-state index in [1.54, 1.807) is 30.6 Å². The minimum absolute atomic E-state index is 0.210. The number of phenols is 1. The first-order valence-corrected chi connectivity index (χ1v) is 6.67. The quantitative estimate of drug-likeness (QED) is 0.777. The summed E-state index contributed by atoms with van der Waals surface area (Å²) in [7, 11) is 0. The molecule has 2 aromatic heterocycles. The van der Waals surface area contributed by atoms with E-state index in [9.17, 15) is 5.11 Å². The summed E-state index contributed by atoms with van der Waals surface area (Å²) in [6.07, 6.45) is 3.36. The fourth-order valence-electron chi connectivity index (χ4n) is 1.87. The highest BCUT2D eigenvalue weighted by atomic mass is 79.9. The molecule has 0 unspecified atom stereocenters. The molecular formula is C14H10BrN3O2. The zero-order valence-electron chi connectivity index (χ0n) is 10.5. The molecule has 0 atom stereocenters. The molecule has 3 aromatic rings. The van der Waals surface area contributed by atoms with Crippen LogP contribution in [0.25, 0.3) is 22.8 Å². The SMILES string of the molecule is Cc1cc(O)ccc1-c1nc(-c2cncc(Br)c2)no1. The van der Waals surface area contributed by atoms with Crippen LogP contribution in [0.3, 0.4) is 0 Å². The predicted molar refractivity (Wildman–Crippen MR) is 77.1 cm³/mol. The molecule has 3 rings (SSSR count). The van der Waals surface area contributed by atoms with E-state index in [1.165, 1.54) is 0 Å². The van der Waals surface area contributed by atoms with Crippen molar-refractivity contribution in [1.82, 2.24) is 15.1 Å². The van der Waals surface area contributed by atoms with Crippen LogP contribution < -0.4 is 0 Å². The second-order valence-electron chi connectivity index (χ2n) is 4.31. The van der Waals surface area contributed by atoms with E-state index in [4.69, 9.17) is 4.52 Å². The molecule has 0 bridgehead atoms. The van der Waals surface area contributed by atoms with Gasteiger partial charge in [-0.15, -0.1) is 0 Å². The van der Waals surface area contributed by atoms with Gasteiger partial charge in [0.1, 0.15) is 5.75 Å². The highest BCUT2D eigenvalue weighted by Gasteiger charge is 2.13. The molecule has 6 heteroatoms. The second-order valence-corrected chi connectivity index (χ2v) is 5.23. The first-order valence-electron chi connectivity index (χ1n) is 5.88. The second kappa shape index (κ2) is 5.05. The fourth-order valence-corrected chi connectivity index (χ4v) is 2.24. The highest BCUT2D eigenvalue weighted by Crippen LogP contribution is 2.27. The third-order valence-electron chi connectivity index (χ3n) is 2.83. The minimum Gasteiger partial charge on any atom is -0.508 e. The number of aromatic hydroxyl groups is 1. The molecule has 5 nitrogen and oxygen atoms in total. The van der Waals surface area contributed by atoms with Crippen LogP contribution in [0.15, 0.2) is 45.7 Å². The van der Waals surface area contributed by atoms with Gasteiger partial charge >= 0.3 is 0 Å². The number of halogens is 1. The Hall–Kier alpha value is -2.21. The number of aromatic nitrogens is 3. The maximum absolute atomic E-state index is 9.42. The average molecular weight is 332 g/mol. The van der Waals surface area contributed by atoms with Crippen molar-refractivity contribution in [3.05, 3.63) is 46.7 Å². The Bertz CT molecular complexity index is 771. The standard InChI is InChI=1S/C14H10BrN3O2/c1-8-4-11(19)2-3-12(8)14-17-13(18-20-14)9-5-10(15)7-16-6-9/h2-7,19H,1H3. The number of hydrogen-bond donors (Lipinski definition) is 1. The van der Waals surface area contributed by atoms with Gasteiger partial charge in [-0.1, -0.05) is 5.16 Å². The van der Waals surface area contributed by atoms with Gasteiger partial charge in [0.2, 0.25) is 5.82 Å². The Morgan fingerprint density at radius 3 is 2.80 bits per heavy atom. The van der Waals surface area contributed by atoms with Crippen LogP contribution in [-0.2, 0) is 0 Å². The Balaban J connectivity index is 2.02. The summed E-state index contributed by atoms with van der Waals surface area (Å²) in [5.74, 6) is 1.10. The molecule has 0 aliphatic heterocycles. The lowest BCUT2D eigenvalue weighted by atomic mass is 10.1. The molecule has 0 saturated heterocycles. The van der Waals surface area contributed by atoms with Gasteiger partial charge in [0.15, 0.2) is 0 Å². The van der Waals surface area contributed by atoms with Crippen molar-refractivity contribution in [3.8, 4) is 28.6 Å². The largest absolute Gasteiger partial charge is 0.508 e. The number of phenolic OH excluding ortho intramolecular Hbond substituents is 1. The van der Waals surface area contributed by atoms with Crippen molar-refractivity contribution in [2.75, 3.05) is 0 Å². The summed E-state index contributed by atoms with van der Waals surface area (Å²) in [4.78, 5) is 8.43. The number of hydrogen-bond acceptors (Lipinski definition) is 5. The van der Waals surface area contributed by atoms with Gasteiger partial charge in [-0.2, -0.15) is 4.98 Å². The lowest BCUT2D eigenvalue weighted by Crippen LogP contribution is -1.85. The van der Waals surface area contributed by atoms with Crippen molar-refractivity contribution in [2.24, 2.45) is 0 Å². The van der Waals surface area contributed by atoms with Gasteiger partial charge in [-0.3, -0.25) is 4.98 Å². The van der Waals surface area contributed by atoms with Crippen LogP contribution in [0, 0.1) is 6.92 Å². The molecule has 20 heavy (non-hydrogen) atoms. The van der Waals surface area contributed by atoms with E-state index < -0.39 is 0 Å². The van der Waals surface area contributed by atoms with Crippen LogP contribution in [0.5, 0.6) is 5.75 Å². The molecule has 0 saturated carbocycles. The zero-order valence-corrected chi connectivity index (χ0v) is 12.1. The van der Waals surface area contributed by atoms with E-state index in [1.807, 2.05) is 13.0 Å². The van der Waals surface area contributed by atoms with Crippen molar-refractivity contribution in [2.45, 2.75) is 6.92 Å². The monoisotopic (exact) mass is 331 g/mol. The van der Waals surface area contributed by atoms with Crippen molar-refractivity contribution in [1.29, 1.82) is 0 Å². The van der Waals surface area contributed by atoms with Gasteiger partial charge in [-0.05, 0) is 52.7 Å². The Morgan fingerprint density at radius 2 is 2.05 bits per heavy atom. The van der Waals surface area contributed by atoms with E-state index in [0.29, 0.717) is 11.7 Å². The topological polar surface area (TPSA) is 72.0 Å². The smallest absolute Gasteiger partial charge is 0.258 e. The number of aryl methyl sites for hydroxylation is 1. The summed E-state index contributed by atoms with van der Waals surface area (Å²) < 4.78 is 6.13. The molecule has 1 N–H and O–H groups in total. The number of rotatable bonds is 2. The number of nitrogens with zero attached hydrogens (tertiary/aromatic N) is 3. The Kier molecular flexibility index (Phi) is 3.23. The lowest BCUT2D eigenvalue weighted by molar-refractivity contribution is 0.432. The van der Waals surface area contributed by atoms with Crippen molar-refractivity contribution in [3.63, 3.8) is 0 Å². The Labute approximate surface area is 123 Å². The van der Waals surface area contributed by atoms with Gasteiger partial charge in [0.25, 0.3) is 5.89 Å². The Morgan fingerprint density at radius 1 is 1.20 bits per heavy atom. The first-order chi connectivity index (χ1) is 9.63. The summed E-state index contributed by atoms with van der Waals surface area (Å²) in [5, 5.41) is 13.4. The predicted octanol–water partition coefficient (Wildman–Crippen LogP) is 3.58. The van der Waals surface area contributed by atoms with Crippen LogP contribution in [0.2, 0.25) is 0 Å². The van der Waals surface area contributed by atoms with Gasteiger partial charge in [0.05, 0.1) is 0 Å². The van der Waals surface area contributed by atoms with Gasteiger partial charge in [0, 0.05) is 28.0 Å². The van der Waals surface area contributed by atoms with Gasteiger partial charge < -0.3 is 9.63 Å². The number of benzene rings is 1. The molecule has 0 amide bonds. The molecule has 100 valence electrons. The summed E-state index contributed by atoms with van der Waals surface area (Å²) >= 11 is 3.35. The van der Waals surface area contributed by atoms with E-state index in [2.05, 4.69) is 31.1 Å². The summed E-state index contributed by atoms with van der Waals surface area (Å²) in [6.45, 7) is 1.87. The highest BCUT2D eigenvalue weighted by molar-refractivity contribution is 9.10. The molecule has 2 heterocycles. The molecule has 0 aliphatic carbocycles. The molecule has 0 radical (unpaired) electrons. The minimum atomic E-state index is 0.210. The zero-order chi connectivity index (χ0) is 14.1. The first kappa shape index (κ1) is 12.8. The number of pyridine rings is 1. The van der Waals surface area contributed by atoms with Crippen LogP contribution in [-0.4, -0.2) is 20.2 Å². The third kappa shape index (κ3) is 2.42. The summed E-state index contributed by atoms with van der Waals surface area (Å²) in [5.41, 5.74) is 2.43.